The number of nitrogens with one attached hydrogen (secondary N) is 2. The van der Waals surface area contributed by atoms with Crippen LogP contribution in [0.5, 0.6) is 0 Å². The molecule has 1 heterocycles. The lowest BCUT2D eigenvalue weighted by Crippen LogP contribution is -2.28. The van der Waals surface area contributed by atoms with Crippen LogP contribution in [0, 0.1) is 0 Å². The number of anilines is 2. The van der Waals surface area contributed by atoms with E-state index >= 15 is 0 Å². The van der Waals surface area contributed by atoms with Gasteiger partial charge in [-0.1, -0.05) is 53.5 Å². The van der Waals surface area contributed by atoms with Gasteiger partial charge in [-0.05, 0) is 35.9 Å². The largest absolute Gasteiger partial charge is 0.377 e. The number of pyridine rings is 1. The number of benzene rings is 2. The van der Waals surface area contributed by atoms with Gasteiger partial charge in [0.1, 0.15) is 12.2 Å². The summed E-state index contributed by atoms with van der Waals surface area (Å²) in [5.41, 5.74) is 1.74. The summed E-state index contributed by atoms with van der Waals surface area (Å²) in [5, 5.41) is 6.56. The van der Waals surface area contributed by atoms with Crippen molar-refractivity contribution in [3.63, 3.8) is 0 Å². The normalized spacial score (nSPS) is 10.4. The first-order valence-corrected chi connectivity index (χ1v) is 9.00. The molecular formula is C20H17Cl2N3O2. The molecule has 0 aliphatic heterocycles. The van der Waals surface area contributed by atoms with Crippen LogP contribution in [0.4, 0.5) is 11.4 Å². The zero-order chi connectivity index (χ0) is 19.2. The molecule has 7 heteroatoms. The smallest absolute Gasteiger partial charge is 0.274 e. The van der Waals surface area contributed by atoms with Crippen molar-refractivity contribution in [2.24, 2.45) is 0 Å². The fraction of sp³-hybridized carbons (Fsp3) is 0.100. The van der Waals surface area contributed by atoms with Crippen molar-refractivity contribution in [1.82, 2.24) is 4.57 Å². The van der Waals surface area contributed by atoms with Crippen molar-refractivity contribution in [2.45, 2.75) is 13.1 Å². The fourth-order valence-corrected chi connectivity index (χ4v) is 2.82. The average molecular weight is 402 g/mol. The van der Waals surface area contributed by atoms with Crippen LogP contribution < -0.4 is 16.2 Å². The highest BCUT2D eigenvalue weighted by Gasteiger charge is 2.09. The van der Waals surface area contributed by atoms with Crippen LogP contribution in [0.1, 0.15) is 5.56 Å². The minimum atomic E-state index is -0.337. The summed E-state index contributed by atoms with van der Waals surface area (Å²) in [6, 6.07) is 18.0. The molecule has 0 saturated heterocycles. The predicted octanol–water partition coefficient (Wildman–Crippen LogP) is 4.41. The second-order valence-corrected chi connectivity index (χ2v) is 6.69. The Labute approximate surface area is 166 Å². The first kappa shape index (κ1) is 19.0. The van der Waals surface area contributed by atoms with Crippen molar-refractivity contribution in [1.29, 1.82) is 0 Å². The number of hydrogen-bond acceptors (Lipinski definition) is 3. The highest BCUT2D eigenvalue weighted by Crippen LogP contribution is 2.24. The van der Waals surface area contributed by atoms with Crippen LogP contribution in [0.25, 0.3) is 0 Å². The fourth-order valence-electron chi connectivity index (χ4n) is 2.52. The summed E-state index contributed by atoms with van der Waals surface area (Å²) in [6.07, 6.45) is 1.57. The molecule has 3 aromatic rings. The van der Waals surface area contributed by atoms with Crippen LogP contribution in [-0.2, 0) is 17.9 Å². The molecule has 27 heavy (non-hydrogen) atoms. The van der Waals surface area contributed by atoms with Crippen LogP contribution >= 0.6 is 23.2 Å². The van der Waals surface area contributed by atoms with E-state index in [-0.39, 0.29) is 18.0 Å². The molecule has 0 aliphatic carbocycles. The Hall–Kier alpha value is -2.76. The van der Waals surface area contributed by atoms with E-state index in [2.05, 4.69) is 10.6 Å². The molecule has 138 valence electrons. The third-order valence-electron chi connectivity index (χ3n) is 3.86. The highest BCUT2D eigenvalue weighted by atomic mass is 35.5. The highest BCUT2D eigenvalue weighted by molar-refractivity contribution is 6.42. The van der Waals surface area contributed by atoms with Gasteiger partial charge in [0.25, 0.3) is 5.56 Å². The quantitative estimate of drug-likeness (QED) is 0.642. The molecule has 1 aromatic heterocycles. The number of rotatable bonds is 6. The number of amides is 1. The van der Waals surface area contributed by atoms with Gasteiger partial charge < -0.3 is 15.2 Å². The Balaban J connectivity index is 1.67. The minimum absolute atomic E-state index is 0.111. The second-order valence-electron chi connectivity index (χ2n) is 5.87. The van der Waals surface area contributed by atoms with Gasteiger partial charge in [-0.2, -0.15) is 0 Å². The summed E-state index contributed by atoms with van der Waals surface area (Å²) in [5.74, 6) is -0.337. The molecule has 1 amide bonds. The lowest BCUT2D eigenvalue weighted by atomic mass is 10.2. The number of carbonyl (C=O) groups is 1. The van der Waals surface area contributed by atoms with Crippen LogP contribution in [0.3, 0.4) is 0 Å². The summed E-state index contributed by atoms with van der Waals surface area (Å²) < 4.78 is 1.35. The topological polar surface area (TPSA) is 63.1 Å². The number of halogens is 2. The maximum absolute atomic E-state index is 12.6. The lowest BCUT2D eigenvalue weighted by molar-refractivity contribution is -0.116. The Morgan fingerprint density at radius 2 is 1.74 bits per heavy atom. The summed E-state index contributed by atoms with van der Waals surface area (Å²) >= 11 is 11.8. The SMILES string of the molecule is O=C(Cn1cccc(NCc2ccccc2)c1=O)Nc1ccc(Cl)c(Cl)c1. The first-order valence-electron chi connectivity index (χ1n) is 8.25. The van der Waals surface area contributed by atoms with Crippen LogP contribution in [0.2, 0.25) is 10.0 Å². The molecule has 0 radical (unpaired) electrons. The van der Waals surface area contributed by atoms with Crippen LogP contribution in [0.15, 0.2) is 71.7 Å². The number of aromatic nitrogens is 1. The van der Waals surface area contributed by atoms with Gasteiger partial charge in [0.05, 0.1) is 10.0 Å². The summed E-state index contributed by atoms with van der Waals surface area (Å²) in [4.78, 5) is 24.8. The molecule has 2 aromatic carbocycles. The monoisotopic (exact) mass is 401 g/mol. The number of hydrogen-bond donors (Lipinski definition) is 2. The Morgan fingerprint density at radius 3 is 2.48 bits per heavy atom. The van der Waals surface area contributed by atoms with Gasteiger partial charge in [-0.25, -0.2) is 0 Å². The van der Waals surface area contributed by atoms with E-state index in [0.29, 0.717) is 28.0 Å². The molecule has 0 spiro atoms. The maximum Gasteiger partial charge on any atom is 0.274 e. The Morgan fingerprint density at radius 1 is 0.963 bits per heavy atom. The van der Waals surface area contributed by atoms with Gasteiger partial charge in [0, 0.05) is 18.4 Å². The van der Waals surface area contributed by atoms with E-state index in [0.717, 1.165) is 5.56 Å². The van der Waals surface area contributed by atoms with E-state index in [1.54, 1.807) is 36.5 Å². The third kappa shape index (κ3) is 5.12. The molecule has 0 bridgehead atoms. The van der Waals surface area contributed by atoms with Gasteiger partial charge in [0.15, 0.2) is 0 Å². The van der Waals surface area contributed by atoms with Crippen molar-refractivity contribution < 1.29 is 4.79 Å². The van der Waals surface area contributed by atoms with Gasteiger partial charge in [0.2, 0.25) is 5.91 Å². The van der Waals surface area contributed by atoms with E-state index < -0.39 is 0 Å². The Bertz CT molecular complexity index is 1000. The molecule has 0 atom stereocenters. The van der Waals surface area contributed by atoms with Gasteiger partial charge in [-0.3, -0.25) is 9.59 Å². The molecule has 2 N–H and O–H groups in total. The third-order valence-corrected chi connectivity index (χ3v) is 4.60. The molecule has 0 unspecified atom stereocenters. The Kier molecular flexibility index (Phi) is 6.16. The molecule has 5 nitrogen and oxygen atoms in total. The second kappa shape index (κ2) is 8.75. The zero-order valence-corrected chi connectivity index (χ0v) is 15.8. The minimum Gasteiger partial charge on any atom is -0.377 e. The molecule has 0 fully saturated rings. The summed E-state index contributed by atoms with van der Waals surface area (Å²) in [6.45, 7) is 0.412. The molecule has 0 saturated carbocycles. The first-order chi connectivity index (χ1) is 13.0. The molecular weight excluding hydrogens is 385 g/mol. The average Bonchev–Trinajstić information content (AvgIpc) is 2.66. The van der Waals surface area contributed by atoms with Gasteiger partial charge >= 0.3 is 0 Å². The maximum atomic E-state index is 12.6. The number of carbonyl (C=O) groups excluding carboxylic acids is 1. The number of nitrogens with zero attached hydrogens (tertiary/aromatic N) is 1. The predicted molar refractivity (Wildman–Crippen MR) is 110 cm³/mol. The van der Waals surface area contributed by atoms with E-state index in [9.17, 15) is 9.59 Å². The zero-order valence-electron chi connectivity index (χ0n) is 14.3. The van der Waals surface area contributed by atoms with E-state index in [1.165, 1.54) is 4.57 Å². The van der Waals surface area contributed by atoms with Crippen LogP contribution in [-0.4, -0.2) is 10.5 Å². The molecule has 3 rings (SSSR count). The van der Waals surface area contributed by atoms with E-state index in [1.807, 2.05) is 30.3 Å². The van der Waals surface area contributed by atoms with Crippen molar-refractivity contribution in [2.75, 3.05) is 10.6 Å². The lowest BCUT2D eigenvalue weighted by Gasteiger charge is -2.11. The standard InChI is InChI=1S/C20H17Cl2N3O2/c21-16-9-8-15(11-17(16)22)24-19(26)13-25-10-4-7-18(20(25)27)23-12-14-5-2-1-3-6-14/h1-11,23H,12-13H2,(H,24,26). The van der Waals surface area contributed by atoms with Crippen molar-refractivity contribution >= 4 is 40.5 Å². The van der Waals surface area contributed by atoms with Crippen molar-refractivity contribution in [3.05, 3.63) is 92.8 Å². The van der Waals surface area contributed by atoms with Crippen molar-refractivity contribution in [3.8, 4) is 0 Å². The summed E-state index contributed by atoms with van der Waals surface area (Å²) in [7, 11) is 0. The molecule has 0 aliphatic rings. The van der Waals surface area contributed by atoms with Gasteiger partial charge in [-0.15, -0.1) is 0 Å². The van der Waals surface area contributed by atoms with E-state index in [4.69, 9.17) is 23.2 Å².